The normalized spacial score (nSPS) is 33.1. The van der Waals surface area contributed by atoms with Crippen molar-refractivity contribution >= 4 is 21.9 Å². The fraction of sp³-hybridized carbons (Fsp3) is 0.882. The molecule has 1 amide bonds. The first kappa shape index (κ1) is 18.6. The average Bonchev–Trinajstić information content (AvgIpc) is 3.23. The van der Waals surface area contributed by atoms with Gasteiger partial charge in [-0.15, -0.1) is 0 Å². The lowest BCUT2D eigenvalue weighted by Gasteiger charge is -2.29. The zero-order valence-electron chi connectivity index (χ0n) is 14.9. The van der Waals surface area contributed by atoms with Gasteiger partial charge in [0.25, 0.3) is 5.91 Å². The Bertz CT molecular complexity index is 635. The number of nitrogens with zero attached hydrogens (tertiary/aromatic N) is 1. The van der Waals surface area contributed by atoms with Gasteiger partial charge in [-0.2, -0.15) is 4.31 Å². The number of carbonyl (C=O) groups is 2. The van der Waals surface area contributed by atoms with Gasteiger partial charge in [0.15, 0.2) is 6.10 Å². The number of hydrogen-bond donors (Lipinski definition) is 1. The summed E-state index contributed by atoms with van der Waals surface area (Å²) in [5, 5.41) is 2.97. The van der Waals surface area contributed by atoms with E-state index in [0.29, 0.717) is 24.8 Å². The van der Waals surface area contributed by atoms with Gasteiger partial charge in [0, 0.05) is 12.6 Å². The van der Waals surface area contributed by atoms with Crippen molar-refractivity contribution in [2.24, 2.45) is 17.8 Å². The minimum atomic E-state index is -3.34. The summed E-state index contributed by atoms with van der Waals surface area (Å²) in [5.41, 5.74) is 0. The number of rotatable bonds is 6. The van der Waals surface area contributed by atoms with Crippen LogP contribution in [0.25, 0.3) is 0 Å². The number of nitrogens with one attached hydrogen (secondary N) is 1. The van der Waals surface area contributed by atoms with Gasteiger partial charge in [0.2, 0.25) is 10.0 Å². The Morgan fingerprint density at radius 2 is 2.00 bits per heavy atom. The molecule has 1 N–H and O–H groups in total. The highest BCUT2D eigenvalue weighted by Gasteiger charge is 2.42. The van der Waals surface area contributed by atoms with Gasteiger partial charge in [-0.25, -0.2) is 8.42 Å². The number of amides is 1. The first-order chi connectivity index (χ1) is 11.8. The molecule has 5 unspecified atom stereocenters. The third-order valence-electron chi connectivity index (χ3n) is 5.99. The Balaban J connectivity index is 1.45. The van der Waals surface area contributed by atoms with Gasteiger partial charge in [-0.05, 0) is 57.3 Å². The Labute approximate surface area is 149 Å². The second-order valence-electron chi connectivity index (χ2n) is 7.77. The van der Waals surface area contributed by atoms with Crippen LogP contribution < -0.4 is 5.32 Å². The lowest BCUT2D eigenvalue weighted by atomic mass is 9.84. The highest BCUT2D eigenvalue weighted by molar-refractivity contribution is 7.89. The Morgan fingerprint density at radius 1 is 1.24 bits per heavy atom. The average molecular weight is 372 g/mol. The van der Waals surface area contributed by atoms with Crippen LogP contribution in [0.3, 0.4) is 0 Å². The van der Waals surface area contributed by atoms with Crippen LogP contribution in [0.15, 0.2) is 0 Å². The molecule has 3 fully saturated rings. The maximum atomic E-state index is 12.3. The van der Waals surface area contributed by atoms with Crippen LogP contribution in [0.1, 0.15) is 46.0 Å². The van der Waals surface area contributed by atoms with Gasteiger partial charge >= 0.3 is 5.97 Å². The van der Waals surface area contributed by atoms with Crippen molar-refractivity contribution in [2.75, 3.05) is 18.8 Å². The predicted molar refractivity (Wildman–Crippen MR) is 92.1 cm³/mol. The standard InChI is InChI=1S/C17H28N2O5S/c1-11(15-9-13-4-5-14(15)8-13)18-17(21)12(2)24-16(20)10-19-6-3-7-25(19,22)23/h11-15H,3-10H2,1-2H3,(H,18,21). The first-order valence-electron chi connectivity index (χ1n) is 9.24. The molecule has 25 heavy (non-hydrogen) atoms. The van der Waals surface area contributed by atoms with Crippen molar-refractivity contribution in [2.45, 2.75) is 58.1 Å². The van der Waals surface area contributed by atoms with Crippen molar-refractivity contribution in [3.8, 4) is 0 Å². The lowest BCUT2D eigenvalue weighted by molar-refractivity contribution is -0.155. The molecule has 0 aromatic rings. The highest BCUT2D eigenvalue weighted by Crippen LogP contribution is 2.49. The van der Waals surface area contributed by atoms with Crippen molar-refractivity contribution in [3.63, 3.8) is 0 Å². The molecule has 1 heterocycles. The lowest BCUT2D eigenvalue weighted by Crippen LogP contribution is -2.45. The van der Waals surface area contributed by atoms with Gasteiger partial charge in [0.05, 0.1) is 5.75 Å². The van der Waals surface area contributed by atoms with E-state index in [1.807, 2.05) is 6.92 Å². The minimum absolute atomic E-state index is 0.0668. The Kier molecular flexibility index (Phi) is 5.39. The SMILES string of the molecule is CC(OC(=O)CN1CCCS1(=O)=O)C(=O)NC(C)C1CC2CCC1C2. The number of fused-ring (bicyclic) bond motifs is 2. The van der Waals surface area contributed by atoms with Gasteiger partial charge in [-0.3, -0.25) is 9.59 Å². The molecule has 0 aromatic heterocycles. The van der Waals surface area contributed by atoms with E-state index in [-0.39, 0.29) is 24.2 Å². The molecule has 1 aliphatic heterocycles. The summed E-state index contributed by atoms with van der Waals surface area (Å²) < 4.78 is 29.7. The summed E-state index contributed by atoms with van der Waals surface area (Å²) >= 11 is 0. The Morgan fingerprint density at radius 3 is 2.56 bits per heavy atom. The zero-order valence-corrected chi connectivity index (χ0v) is 15.8. The van der Waals surface area contributed by atoms with E-state index in [1.54, 1.807) is 0 Å². The molecule has 3 rings (SSSR count). The van der Waals surface area contributed by atoms with Crippen LogP contribution in [-0.4, -0.2) is 55.6 Å². The van der Waals surface area contributed by atoms with Crippen LogP contribution >= 0.6 is 0 Å². The molecule has 0 spiro atoms. The first-order valence-corrected chi connectivity index (χ1v) is 10.8. The van der Waals surface area contributed by atoms with E-state index < -0.39 is 22.1 Å². The maximum Gasteiger partial charge on any atom is 0.322 e. The van der Waals surface area contributed by atoms with Gasteiger partial charge in [0.1, 0.15) is 6.54 Å². The van der Waals surface area contributed by atoms with Crippen molar-refractivity contribution in [1.29, 1.82) is 0 Å². The number of esters is 1. The van der Waals surface area contributed by atoms with Crippen molar-refractivity contribution in [1.82, 2.24) is 9.62 Å². The molecule has 2 aliphatic carbocycles. The van der Waals surface area contributed by atoms with Crippen LogP contribution in [0.4, 0.5) is 0 Å². The summed E-state index contributed by atoms with van der Waals surface area (Å²) in [5.74, 6) is 1.11. The van der Waals surface area contributed by atoms with Crippen LogP contribution in [-0.2, 0) is 24.3 Å². The zero-order chi connectivity index (χ0) is 18.2. The van der Waals surface area contributed by atoms with Crippen molar-refractivity contribution in [3.05, 3.63) is 0 Å². The molecule has 2 saturated carbocycles. The van der Waals surface area contributed by atoms with Crippen LogP contribution in [0, 0.1) is 17.8 Å². The second-order valence-corrected chi connectivity index (χ2v) is 9.86. The van der Waals surface area contributed by atoms with Crippen molar-refractivity contribution < 1.29 is 22.7 Å². The van der Waals surface area contributed by atoms with Gasteiger partial charge in [-0.1, -0.05) is 6.42 Å². The summed E-state index contributed by atoms with van der Waals surface area (Å²) in [6.07, 6.45) is 4.62. The largest absolute Gasteiger partial charge is 0.452 e. The van der Waals surface area contributed by atoms with E-state index in [0.717, 1.165) is 10.2 Å². The quantitative estimate of drug-likeness (QED) is 0.699. The fourth-order valence-electron chi connectivity index (χ4n) is 4.66. The number of hydrogen-bond acceptors (Lipinski definition) is 5. The molecular formula is C17H28N2O5S. The number of sulfonamides is 1. The van der Waals surface area contributed by atoms with Gasteiger partial charge < -0.3 is 10.1 Å². The molecule has 3 aliphatic rings. The Hall–Kier alpha value is -1.15. The van der Waals surface area contributed by atoms with E-state index in [9.17, 15) is 18.0 Å². The molecule has 5 atom stereocenters. The van der Waals surface area contributed by atoms with E-state index in [2.05, 4.69) is 5.32 Å². The summed E-state index contributed by atoms with van der Waals surface area (Å²) in [4.78, 5) is 24.2. The molecule has 2 bridgehead atoms. The highest BCUT2D eigenvalue weighted by atomic mass is 32.2. The summed E-state index contributed by atoms with van der Waals surface area (Å²) in [7, 11) is -3.34. The minimum Gasteiger partial charge on any atom is -0.452 e. The third kappa shape index (κ3) is 4.16. The fourth-order valence-corrected chi connectivity index (χ4v) is 6.12. The number of ether oxygens (including phenoxy) is 1. The molecule has 1 saturated heterocycles. The molecule has 8 heteroatoms. The predicted octanol–water partition coefficient (Wildman–Crippen LogP) is 0.895. The summed E-state index contributed by atoms with van der Waals surface area (Å²) in [6.45, 7) is 3.56. The molecule has 0 radical (unpaired) electrons. The van der Waals surface area contributed by atoms with Crippen LogP contribution in [0.2, 0.25) is 0 Å². The second kappa shape index (κ2) is 7.23. The smallest absolute Gasteiger partial charge is 0.322 e. The van der Waals surface area contributed by atoms with E-state index >= 15 is 0 Å². The molecule has 142 valence electrons. The van der Waals surface area contributed by atoms with Crippen LogP contribution in [0.5, 0.6) is 0 Å². The topological polar surface area (TPSA) is 92.8 Å². The molecule has 0 aromatic carbocycles. The summed E-state index contributed by atoms with van der Waals surface area (Å²) in [6, 6.07) is 0.0721. The maximum absolute atomic E-state index is 12.3. The monoisotopic (exact) mass is 372 g/mol. The third-order valence-corrected chi connectivity index (χ3v) is 7.89. The number of carbonyl (C=O) groups excluding carboxylic acids is 2. The molecular weight excluding hydrogens is 344 g/mol. The van der Waals surface area contributed by atoms with E-state index in [4.69, 9.17) is 4.74 Å². The molecule has 7 nitrogen and oxygen atoms in total. The van der Waals surface area contributed by atoms with E-state index in [1.165, 1.54) is 32.6 Å².